The average molecular weight is 276 g/mol. The summed E-state index contributed by atoms with van der Waals surface area (Å²) in [6, 6.07) is 19.6. The molecule has 0 radical (unpaired) electrons. The Morgan fingerprint density at radius 3 is 2.57 bits per heavy atom. The molecule has 0 aliphatic heterocycles. The fraction of sp³-hybridized carbons (Fsp3) is 0.211. The minimum atomic E-state index is 0.345. The fourth-order valence-electron chi connectivity index (χ4n) is 2.72. The number of nitrogens with zero attached hydrogens (tertiary/aromatic N) is 1. The Kier molecular flexibility index (Phi) is 4.27. The van der Waals surface area contributed by atoms with Gasteiger partial charge in [0.05, 0.1) is 0 Å². The maximum atomic E-state index is 4.05. The van der Waals surface area contributed by atoms with Crippen molar-refractivity contribution in [2.75, 3.05) is 6.54 Å². The van der Waals surface area contributed by atoms with Crippen LogP contribution >= 0.6 is 0 Å². The van der Waals surface area contributed by atoms with Gasteiger partial charge in [-0.15, -0.1) is 0 Å². The molecule has 0 aliphatic rings. The number of benzene rings is 2. The SMILES string of the molecule is CC(NCCc1ccncc1)c1cccc2ccccc12. The lowest BCUT2D eigenvalue weighted by Gasteiger charge is -2.16. The van der Waals surface area contributed by atoms with Gasteiger partial charge < -0.3 is 5.32 Å². The second kappa shape index (κ2) is 6.51. The Morgan fingerprint density at radius 2 is 1.71 bits per heavy atom. The highest BCUT2D eigenvalue weighted by atomic mass is 14.9. The molecule has 1 unspecified atom stereocenters. The van der Waals surface area contributed by atoms with E-state index in [4.69, 9.17) is 0 Å². The quantitative estimate of drug-likeness (QED) is 0.758. The van der Waals surface area contributed by atoms with Gasteiger partial charge in [-0.25, -0.2) is 0 Å². The molecule has 0 saturated heterocycles. The van der Waals surface area contributed by atoms with Crippen LogP contribution in [0.1, 0.15) is 24.1 Å². The zero-order valence-electron chi connectivity index (χ0n) is 12.3. The standard InChI is InChI=1S/C19H20N2/c1-15(21-14-11-16-9-12-20-13-10-16)18-8-4-6-17-5-2-3-7-19(17)18/h2-10,12-13,15,21H,11,14H2,1H3. The number of hydrogen-bond acceptors (Lipinski definition) is 2. The second-order valence-corrected chi connectivity index (χ2v) is 5.35. The van der Waals surface area contributed by atoms with Crippen molar-refractivity contribution in [2.45, 2.75) is 19.4 Å². The van der Waals surface area contributed by atoms with Crippen molar-refractivity contribution in [1.29, 1.82) is 0 Å². The number of aromatic nitrogens is 1. The van der Waals surface area contributed by atoms with Gasteiger partial charge in [-0.3, -0.25) is 4.98 Å². The van der Waals surface area contributed by atoms with Crippen LogP contribution in [0.3, 0.4) is 0 Å². The summed E-state index contributed by atoms with van der Waals surface area (Å²) in [5.74, 6) is 0. The third-order valence-electron chi connectivity index (χ3n) is 3.90. The van der Waals surface area contributed by atoms with Gasteiger partial charge in [0.2, 0.25) is 0 Å². The Labute approximate surface area is 125 Å². The molecular weight excluding hydrogens is 256 g/mol. The summed E-state index contributed by atoms with van der Waals surface area (Å²) in [5, 5.41) is 6.26. The normalized spacial score (nSPS) is 12.4. The minimum Gasteiger partial charge on any atom is -0.310 e. The lowest BCUT2D eigenvalue weighted by atomic mass is 9.99. The molecule has 0 aliphatic carbocycles. The van der Waals surface area contributed by atoms with Crippen molar-refractivity contribution in [3.05, 3.63) is 78.1 Å². The van der Waals surface area contributed by atoms with E-state index in [1.54, 1.807) is 0 Å². The Balaban J connectivity index is 1.68. The molecule has 1 atom stereocenters. The molecule has 0 amide bonds. The fourth-order valence-corrected chi connectivity index (χ4v) is 2.72. The third-order valence-corrected chi connectivity index (χ3v) is 3.90. The van der Waals surface area contributed by atoms with Crippen LogP contribution in [0.25, 0.3) is 10.8 Å². The van der Waals surface area contributed by atoms with Crippen molar-refractivity contribution in [1.82, 2.24) is 10.3 Å². The molecule has 1 N–H and O–H groups in total. The molecule has 0 saturated carbocycles. The summed E-state index contributed by atoms with van der Waals surface area (Å²) in [4.78, 5) is 4.05. The van der Waals surface area contributed by atoms with E-state index >= 15 is 0 Å². The van der Waals surface area contributed by atoms with Crippen molar-refractivity contribution in [3.8, 4) is 0 Å². The van der Waals surface area contributed by atoms with Gasteiger partial charge in [-0.05, 0) is 53.9 Å². The van der Waals surface area contributed by atoms with Gasteiger partial charge in [0.1, 0.15) is 0 Å². The van der Waals surface area contributed by atoms with Crippen LogP contribution in [0.4, 0.5) is 0 Å². The van der Waals surface area contributed by atoms with Crippen LogP contribution in [0, 0.1) is 0 Å². The monoisotopic (exact) mass is 276 g/mol. The summed E-state index contributed by atoms with van der Waals surface area (Å²) in [6.45, 7) is 3.20. The Morgan fingerprint density at radius 1 is 0.952 bits per heavy atom. The number of pyridine rings is 1. The summed E-state index contributed by atoms with van der Waals surface area (Å²) in [7, 11) is 0. The molecule has 2 aromatic carbocycles. The van der Waals surface area contributed by atoms with E-state index in [0.717, 1.165) is 13.0 Å². The van der Waals surface area contributed by atoms with E-state index in [0.29, 0.717) is 6.04 Å². The van der Waals surface area contributed by atoms with Crippen LogP contribution in [0.5, 0.6) is 0 Å². The highest BCUT2D eigenvalue weighted by molar-refractivity contribution is 5.86. The summed E-state index contributed by atoms with van der Waals surface area (Å²) < 4.78 is 0. The first-order valence-electron chi connectivity index (χ1n) is 7.44. The van der Waals surface area contributed by atoms with Crippen LogP contribution in [-0.2, 0) is 6.42 Å². The van der Waals surface area contributed by atoms with Gasteiger partial charge >= 0.3 is 0 Å². The lowest BCUT2D eigenvalue weighted by Crippen LogP contribution is -2.21. The molecule has 2 nitrogen and oxygen atoms in total. The highest BCUT2D eigenvalue weighted by Gasteiger charge is 2.08. The molecule has 0 bridgehead atoms. The van der Waals surface area contributed by atoms with E-state index < -0.39 is 0 Å². The summed E-state index contributed by atoms with van der Waals surface area (Å²) in [6.07, 6.45) is 4.73. The Hall–Kier alpha value is -2.19. The number of rotatable bonds is 5. The van der Waals surface area contributed by atoms with Gasteiger partial charge in [0.25, 0.3) is 0 Å². The largest absolute Gasteiger partial charge is 0.310 e. The summed E-state index contributed by atoms with van der Waals surface area (Å²) >= 11 is 0. The molecule has 21 heavy (non-hydrogen) atoms. The first-order chi connectivity index (χ1) is 10.3. The molecule has 3 aromatic rings. The summed E-state index contributed by atoms with van der Waals surface area (Å²) in [5.41, 5.74) is 2.69. The van der Waals surface area contributed by atoms with Crippen LogP contribution in [0.15, 0.2) is 67.0 Å². The number of hydrogen-bond donors (Lipinski definition) is 1. The maximum Gasteiger partial charge on any atom is 0.0298 e. The van der Waals surface area contributed by atoms with Crippen molar-refractivity contribution >= 4 is 10.8 Å². The molecular formula is C19H20N2. The molecule has 2 heteroatoms. The third kappa shape index (κ3) is 3.29. The molecule has 3 rings (SSSR count). The molecule has 0 spiro atoms. The smallest absolute Gasteiger partial charge is 0.0298 e. The predicted octanol–water partition coefficient (Wildman–Crippen LogP) is 4.13. The van der Waals surface area contributed by atoms with Gasteiger partial charge in [0, 0.05) is 18.4 Å². The van der Waals surface area contributed by atoms with E-state index in [-0.39, 0.29) is 0 Å². The van der Waals surface area contributed by atoms with Crippen LogP contribution in [0.2, 0.25) is 0 Å². The van der Waals surface area contributed by atoms with Crippen molar-refractivity contribution in [2.24, 2.45) is 0 Å². The van der Waals surface area contributed by atoms with Crippen molar-refractivity contribution < 1.29 is 0 Å². The van der Waals surface area contributed by atoms with Crippen molar-refractivity contribution in [3.63, 3.8) is 0 Å². The molecule has 0 fully saturated rings. The molecule has 106 valence electrons. The zero-order valence-corrected chi connectivity index (χ0v) is 12.3. The van der Waals surface area contributed by atoms with E-state index in [9.17, 15) is 0 Å². The zero-order chi connectivity index (χ0) is 14.5. The highest BCUT2D eigenvalue weighted by Crippen LogP contribution is 2.23. The first kappa shape index (κ1) is 13.8. The van der Waals surface area contributed by atoms with E-state index in [2.05, 4.69) is 71.8 Å². The minimum absolute atomic E-state index is 0.345. The van der Waals surface area contributed by atoms with E-state index in [1.165, 1.54) is 21.9 Å². The predicted molar refractivity (Wildman–Crippen MR) is 88.3 cm³/mol. The average Bonchev–Trinajstić information content (AvgIpc) is 2.55. The maximum absolute atomic E-state index is 4.05. The molecule has 1 aromatic heterocycles. The topological polar surface area (TPSA) is 24.9 Å². The van der Waals surface area contributed by atoms with Gasteiger partial charge in [-0.2, -0.15) is 0 Å². The van der Waals surface area contributed by atoms with Gasteiger partial charge in [0.15, 0.2) is 0 Å². The lowest BCUT2D eigenvalue weighted by molar-refractivity contribution is 0.580. The van der Waals surface area contributed by atoms with E-state index in [1.807, 2.05) is 12.4 Å². The van der Waals surface area contributed by atoms with Crippen LogP contribution < -0.4 is 5.32 Å². The molecule has 1 heterocycles. The van der Waals surface area contributed by atoms with Crippen LogP contribution in [-0.4, -0.2) is 11.5 Å². The number of fused-ring (bicyclic) bond motifs is 1. The van der Waals surface area contributed by atoms with Gasteiger partial charge in [-0.1, -0.05) is 42.5 Å². The second-order valence-electron chi connectivity index (χ2n) is 5.35. The Bertz CT molecular complexity index is 702. The number of nitrogens with one attached hydrogen (secondary N) is 1. The first-order valence-corrected chi connectivity index (χ1v) is 7.44.